The number of sulfonamides is 1. The van der Waals surface area contributed by atoms with E-state index < -0.39 is 21.6 Å². The first kappa shape index (κ1) is 18.9. The summed E-state index contributed by atoms with van der Waals surface area (Å²) in [5.41, 5.74) is 0.0196. The molecule has 2 fully saturated rings. The number of carbonyl (C=O) groups is 1. The Hall–Kier alpha value is -1.83. The van der Waals surface area contributed by atoms with E-state index in [1.807, 2.05) is 20.8 Å². The van der Waals surface area contributed by atoms with Gasteiger partial charge in [-0.3, -0.25) is 4.98 Å². The smallest absolute Gasteiger partial charge is 0.329 e. The number of nitrogens with one attached hydrogen (secondary N) is 3. The fourth-order valence-electron chi connectivity index (χ4n) is 3.93. The van der Waals surface area contributed by atoms with Gasteiger partial charge in [0.1, 0.15) is 4.90 Å². The summed E-state index contributed by atoms with van der Waals surface area (Å²) in [6.45, 7) is 5.60. The van der Waals surface area contributed by atoms with Crippen molar-refractivity contribution >= 4 is 21.7 Å². The van der Waals surface area contributed by atoms with Crippen molar-refractivity contribution in [2.75, 3.05) is 5.32 Å². The number of rotatable bonds is 6. The van der Waals surface area contributed by atoms with Crippen LogP contribution in [0.4, 0.5) is 10.5 Å². The summed E-state index contributed by atoms with van der Waals surface area (Å²) < 4.78 is 27.5. The molecule has 1 aromatic heterocycles. The van der Waals surface area contributed by atoms with Crippen molar-refractivity contribution in [3.05, 3.63) is 18.5 Å². The minimum atomic E-state index is -4.01. The highest BCUT2D eigenvalue weighted by Gasteiger charge is 2.40. The largest absolute Gasteiger partial charge is 0.381 e. The van der Waals surface area contributed by atoms with Gasteiger partial charge in [-0.1, -0.05) is 13.3 Å². The first-order valence-electron chi connectivity index (χ1n) is 9.25. The number of fused-ring (bicyclic) bond motifs is 2. The maximum atomic E-state index is 12.7. The normalized spacial score (nSPS) is 25.1. The Labute approximate surface area is 155 Å². The Morgan fingerprint density at radius 1 is 1.31 bits per heavy atom. The topological polar surface area (TPSA) is 100 Å². The van der Waals surface area contributed by atoms with E-state index in [2.05, 4.69) is 20.3 Å². The highest BCUT2D eigenvalue weighted by molar-refractivity contribution is 7.90. The molecule has 1 aromatic rings. The lowest BCUT2D eigenvalue weighted by Crippen LogP contribution is -2.49. The van der Waals surface area contributed by atoms with Crippen molar-refractivity contribution in [2.45, 2.75) is 69.4 Å². The molecule has 0 aliphatic heterocycles. The molecule has 26 heavy (non-hydrogen) atoms. The standard InChI is InChI=1S/C18H28N4O3S/c1-4-18(2,3)21-17(23)22-26(24,25)16-11-19-8-7-14(16)20-15-10-12-5-6-13(15)9-12/h7-8,11-13,15H,4-6,9-10H2,1-3H3,(H,19,20)(H2,21,22,23)/t12-,13+,15+/m0/s1. The molecule has 2 aliphatic rings. The van der Waals surface area contributed by atoms with E-state index in [-0.39, 0.29) is 10.9 Å². The molecule has 3 atom stereocenters. The Morgan fingerprint density at radius 2 is 2.08 bits per heavy atom. The molecule has 0 saturated heterocycles. The minimum absolute atomic E-state index is 0.00669. The van der Waals surface area contributed by atoms with Crippen LogP contribution in [0.5, 0.6) is 0 Å². The van der Waals surface area contributed by atoms with Gasteiger partial charge in [-0.15, -0.1) is 0 Å². The summed E-state index contributed by atoms with van der Waals surface area (Å²) in [5, 5.41) is 6.07. The number of anilines is 1. The van der Waals surface area contributed by atoms with Gasteiger partial charge in [-0.25, -0.2) is 17.9 Å². The van der Waals surface area contributed by atoms with Crippen LogP contribution in [0.2, 0.25) is 0 Å². The zero-order chi connectivity index (χ0) is 18.9. The molecule has 2 aliphatic carbocycles. The molecule has 144 valence electrons. The van der Waals surface area contributed by atoms with Crippen LogP contribution in [-0.4, -0.2) is 31.0 Å². The van der Waals surface area contributed by atoms with E-state index in [1.165, 1.54) is 25.5 Å². The molecule has 3 rings (SSSR count). The number of pyridine rings is 1. The van der Waals surface area contributed by atoms with Crippen LogP contribution in [0.1, 0.15) is 52.9 Å². The van der Waals surface area contributed by atoms with Crippen LogP contribution < -0.4 is 15.4 Å². The predicted octanol–water partition coefficient (Wildman–Crippen LogP) is 2.86. The monoisotopic (exact) mass is 380 g/mol. The van der Waals surface area contributed by atoms with Crippen molar-refractivity contribution in [3.63, 3.8) is 0 Å². The van der Waals surface area contributed by atoms with Crippen LogP contribution in [0.25, 0.3) is 0 Å². The average Bonchev–Trinajstić information content (AvgIpc) is 3.17. The fourth-order valence-corrected chi connectivity index (χ4v) is 4.95. The molecule has 2 saturated carbocycles. The molecule has 3 N–H and O–H groups in total. The van der Waals surface area contributed by atoms with Crippen LogP contribution in [-0.2, 0) is 10.0 Å². The maximum absolute atomic E-state index is 12.7. The van der Waals surface area contributed by atoms with Crippen molar-refractivity contribution in [1.29, 1.82) is 0 Å². The molecule has 0 unspecified atom stereocenters. The lowest BCUT2D eigenvalue weighted by Gasteiger charge is -2.26. The fraction of sp³-hybridized carbons (Fsp3) is 0.667. The molecule has 0 radical (unpaired) electrons. The number of urea groups is 1. The highest BCUT2D eigenvalue weighted by atomic mass is 32.2. The van der Waals surface area contributed by atoms with E-state index in [0.29, 0.717) is 18.0 Å². The van der Waals surface area contributed by atoms with Crippen LogP contribution in [0.15, 0.2) is 23.4 Å². The Morgan fingerprint density at radius 3 is 2.69 bits per heavy atom. The van der Waals surface area contributed by atoms with Gasteiger partial charge in [0.25, 0.3) is 10.0 Å². The SMILES string of the molecule is CCC(C)(C)NC(=O)NS(=O)(=O)c1cnccc1N[C@@H]1C[C@H]2CC[C@@H]1C2. The number of nitrogens with zero attached hydrogens (tertiary/aromatic N) is 1. The van der Waals surface area contributed by atoms with Crippen molar-refractivity contribution in [1.82, 2.24) is 15.0 Å². The second kappa shape index (κ2) is 7.06. The summed E-state index contributed by atoms with van der Waals surface area (Å²) in [5.74, 6) is 1.35. The maximum Gasteiger partial charge on any atom is 0.329 e. The Kier molecular flexibility index (Phi) is 5.14. The third-order valence-corrected chi connectivity index (χ3v) is 7.07. The summed E-state index contributed by atoms with van der Waals surface area (Å²) in [6.07, 6.45) is 8.31. The van der Waals surface area contributed by atoms with E-state index in [9.17, 15) is 13.2 Å². The van der Waals surface area contributed by atoms with Gasteiger partial charge in [0.15, 0.2) is 0 Å². The Bertz CT molecular complexity index is 778. The Balaban J connectivity index is 1.74. The molecule has 0 aromatic carbocycles. The number of aromatic nitrogens is 1. The van der Waals surface area contributed by atoms with Crippen molar-refractivity contribution in [3.8, 4) is 0 Å². The molecule has 1 heterocycles. The molecule has 7 nitrogen and oxygen atoms in total. The van der Waals surface area contributed by atoms with Crippen molar-refractivity contribution in [2.24, 2.45) is 11.8 Å². The van der Waals surface area contributed by atoms with Gasteiger partial charge >= 0.3 is 6.03 Å². The second-order valence-corrected chi connectivity index (χ2v) is 9.75. The van der Waals surface area contributed by atoms with Gasteiger partial charge in [-0.2, -0.15) is 0 Å². The van der Waals surface area contributed by atoms with E-state index in [1.54, 1.807) is 12.3 Å². The number of hydrogen-bond acceptors (Lipinski definition) is 5. The number of amides is 2. The third kappa shape index (κ3) is 4.11. The van der Waals surface area contributed by atoms with Gasteiger partial charge in [0, 0.05) is 24.0 Å². The molecule has 8 heteroatoms. The molecular formula is C18H28N4O3S. The zero-order valence-electron chi connectivity index (χ0n) is 15.6. The molecular weight excluding hydrogens is 352 g/mol. The quantitative estimate of drug-likeness (QED) is 0.705. The zero-order valence-corrected chi connectivity index (χ0v) is 16.4. The van der Waals surface area contributed by atoms with Crippen LogP contribution in [0, 0.1) is 11.8 Å². The molecule has 0 spiro atoms. The van der Waals surface area contributed by atoms with Gasteiger partial charge in [-0.05, 0) is 57.4 Å². The predicted molar refractivity (Wildman–Crippen MR) is 100 cm³/mol. The molecule has 2 bridgehead atoms. The third-order valence-electron chi connectivity index (χ3n) is 5.72. The minimum Gasteiger partial charge on any atom is -0.381 e. The lowest BCUT2D eigenvalue weighted by molar-refractivity contribution is 0.234. The van der Waals surface area contributed by atoms with Gasteiger partial charge < -0.3 is 10.6 Å². The van der Waals surface area contributed by atoms with Crippen LogP contribution in [0.3, 0.4) is 0 Å². The first-order valence-corrected chi connectivity index (χ1v) is 10.7. The highest BCUT2D eigenvalue weighted by Crippen LogP contribution is 2.45. The van der Waals surface area contributed by atoms with E-state index in [0.717, 1.165) is 12.3 Å². The van der Waals surface area contributed by atoms with E-state index >= 15 is 0 Å². The number of carbonyl (C=O) groups excluding carboxylic acids is 1. The first-order chi connectivity index (χ1) is 12.2. The van der Waals surface area contributed by atoms with Crippen molar-refractivity contribution < 1.29 is 13.2 Å². The average molecular weight is 381 g/mol. The second-order valence-electron chi connectivity index (χ2n) is 8.09. The number of hydrogen-bond donors (Lipinski definition) is 3. The van der Waals surface area contributed by atoms with Gasteiger partial charge in [0.05, 0.1) is 5.69 Å². The summed E-state index contributed by atoms with van der Waals surface area (Å²) in [6, 6.07) is 1.22. The van der Waals surface area contributed by atoms with Gasteiger partial charge in [0.2, 0.25) is 0 Å². The van der Waals surface area contributed by atoms with Crippen LogP contribution >= 0.6 is 0 Å². The summed E-state index contributed by atoms with van der Waals surface area (Å²) >= 11 is 0. The summed E-state index contributed by atoms with van der Waals surface area (Å²) in [4.78, 5) is 16.1. The molecule has 2 amide bonds. The van der Waals surface area contributed by atoms with E-state index in [4.69, 9.17) is 0 Å². The summed E-state index contributed by atoms with van der Waals surface area (Å²) in [7, 11) is -4.01. The lowest BCUT2D eigenvalue weighted by atomic mass is 9.95.